The average Bonchev–Trinajstić information content (AvgIpc) is 3.24. The van der Waals surface area contributed by atoms with Gasteiger partial charge in [0.25, 0.3) is 5.91 Å². The number of aromatic nitrogens is 2. The zero-order chi connectivity index (χ0) is 30.9. The van der Waals surface area contributed by atoms with Gasteiger partial charge < -0.3 is 20.1 Å². The first-order valence-corrected chi connectivity index (χ1v) is 14.5. The SMILES string of the molecule is Cc1cc(C(=O)NC2CCOCC2)ccc1Nc1nccc(-c2cc(C#N)c3c(c2)C(C)(C)CN3C(=O)OC(C)(C)C)n1. The maximum absolute atomic E-state index is 13.1. The zero-order valence-corrected chi connectivity index (χ0v) is 25.6. The van der Waals surface area contributed by atoms with Crippen LogP contribution in [0.5, 0.6) is 0 Å². The highest BCUT2D eigenvalue weighted by atomic mass is 16.6. The van der Waals surface area contributed by atoms with E-state index < -0.39 is 17.1 Å². The molecule has 224 valence electrons. The van der Waals surface area contributed by atoms with Gasteiger partial charge in [-0.1, -0.05) is 13.8 Å². The second kappa shape index (κ2) is 11.7. The zero-order valence-electron chi connectivity index (χ0n) is 25.6. The van der Waals surface area contributed by atoms with Gasteiger partial charge in [0.2, 0.25) is 5.95 Å². The first-order valence-electron chi connectivity index (χ1n) is 14.5. The first-order chi connectivity index (χ1) is 20.3. The van der Waals surface area contributed by atoms with E-state index >= 15 is 0 Å². The number of carbonyl (C=O) groups is 2. The van der Waals surface area contributed by atoms with Gasteiger partial charge in [0.15, 0.2) is 0 Å². The van der Waals surface area contributed by atoms with E-state index in [2.05, 4.69) is 21.7 Å². The van der Waals surface area contributed by atoms with Crippen LogP contribution in [0.25, 0.3) is 11.3 Å². The Labute approximate surface area is 252 Å². The number of nitrogens with zero attached hydrogens (tertiary/aromatic N) is 4. The Balaban J connectivity index is 1.39. The molecule has 10 heteroatoms. The highest BCUT2D eigenvalue weighted by molar-refractivity contribution is 5.96. The molecule has 10 nitrogen and oxygen atoms in total. The maximum atomic E-state index is 13.1. The molecule has 2 N–H and O–H groups in total. The number of nitrogens with one attached hydrogen (secondary N) is 2. The molecular formula is C33H38N6O4. The van der Waals surface area contributed by atoms with Crippen LogP contribution in [0, 0.1) is 18.3 Å². The standard InChI is InChI=1S/C33H38N6O4/c1-20-15-21(29(40)36-24-10-13-42-14-11-24)7-8-26(20)37-30-35-12-9-27(38-30)22-16-23(18-34)28-25(17-22)33(5,6)19-39(28)31(41)43-32(2,3)4/h7-9,12,15-17,24H,10-11,13-14,19H2,1-6H3,(H,36,40)(H,35,37,38). The Morgan fingerprint density at radius 3 is 2.56 bits per heavy atom. The van der Waals surface area contributed by atoms with Crippen molar-refractivity contribution in [1.82, 2.24) is 15.3 Å². The molecule has 5 rings (SSSR count). The summed E-state index contributed by atoms with van der Waals surface area (Å²) >= 11 is 0. The summed E-state index contributed by atoms with van der Waals surface area (Å²) in [7, 11) is 0. The van der Waals surface area contributed by atoms with Crippen molar-refractivity contribution < 1.29 is 19.1 Å². The van der Waals surface area contributed by atoms with Crippen LogP contribution in [0.3, 0.4) is 0 Å². The monoisotopic (exact) mass is 582 g/mol. The van der Waals surface area contributed by atoms with E-state index in [1.54, 1.807) is 29.3 Å². The van der Waals surface area contributed by atoms with Gasteiger partial charge in [-0.15, -0.1) is 0 Å². The molecule has 0 atom stereocenters. The molecule has 3 heterocycles. The lowest BCUT2D eigenvalue weighted by Crippen LogP contribution is -2.38. The number of fused-ring (bicyclic) bond motifs is 1. The quantitative estimate of drug-likeness (QED) is 0.374. The molecule has 0 radical (unpaired) electrons. The predicted octanol–water partition coefficient (Wildman–Crippen LogP) is 6.01. The molecule has 2 aromatic carbocycles. The van der Waals surface area contributed by atoms with E-state index in [9.17, 15) is 14.9 Å². The van der Waals surface area contributed by atoms with Crippen LogP contribution in [-0.4, -0.2) is 53.4 Å². The van der Waals surface area contributed by atoms with Crippen molar-refractivity contribution in [1.29, 1.82) is 5.26 Å². The highest BCUT2D eigenvalue weighted by Crippen LogP contribution is 2.45. The third-order valence-corrected chi connectivity index (χ3v) is 7.64. The van der Waals surface area contributed by atoms with E-state index in [0.717, 1.165) is 35.2 Å². The molecule has 0 unspecified atom stereocenters. The number of benzene rings is 2. The molecule has 0 spiro atoms. The largest absolute Gasteiger partial charge is 0.443 e. The van der Waals surface area contributed by atoms with Gasteiger partial charge in [0, 0.05) is 54.2 Å². The minimum Gasteiger partial charge on any atom is -0.443 e. The Morgan fingerprint density at radius 2 is 1.88 bits per heavy atom. The first kappa shape index (κ1) is 30.0. The topological polar surface area (TPSA) is 129 Å². The van der Waals surface area contributed by atoms with Crippen molar-refractivity contribution in [3.8, 4) is 17.3 Å². The van der Waals surface area contributed by atoms with Gasteiger partial charge in [0.05, 0.1) is 16.9 Å². The smallest absolute Gasteiger partial charge is 0.414 e. The third-order valence-electron chi connectivity index (χ3n) is 7.64. The Bertz CT molecular complexity index is 1600. The molecular weight excluding hydrogens is 544 g/mol. The van der Waals surface area contributed by atoms with Crippen LogP contribution < -0.4 is 15.5 Å². The van der Waals surface area contributed by atoms with Gasteiger partial charge in [0.1, 0.15) is 11.7 Å². The molecule has 1 aromatic heterocycles. The van der Waals surface area contributed by atoms with Crippen molar-refractivity contribution in [3.63, 3.8) is 0 Å². The fourth-order valence-electron chi connectivity index (χ4n) is 5.46. The van der Waals surface area contributed by atoms with Crippen molar-refractivity contribution in [2.75, 3.05) is 30.0 Å². The summed E-state index contributed by atoms with van der Waals surface area (Å²) in [5, 5.41) is 16.5. The van der Waals surface area contributed by atoms with Crippen LogP contribution in [0.15, 0.2) is 42.6 Å². The molecule has 1 saturated heterocycles. The fraction of sp³-hybridized carbons (Fsp3) is 0.424. The van der Waals surface area contributed by atoms with E-state index in [1.807, 2.05) is 59.7 Å². The molecule has 43 heavy (non-hydrogen) atoms. The Morgan fingerprint density at radius 1 is 1.14 bits per heavy atom. The lowest BCUT2D eigenvalue weighted by molar-refractivity contribution is 0.0578. The number of rotatable bonds is 5. The Kier molecular flexibility index (Phi) is 8.12. The number of nitriles is 1. The van der Waals surface area contributed by atoms with E-state index in [1.165, 1.54) is 0 Å². The Hall–Kier alpha value is -4.49. The predicted molar refractivity (Wildman–Crippen MR) is 165 cm³/mol. The molecule has 2 aliphatic rings. The van der Waals surface area contributed by atoms with Crippen molar-refractivity contribution in [2.24, 2.45) is 0 Å². The average molecular weight is 583 g/mol. The number of hydrogen-bond acceptors (Lipinski definition) is 8. The van der Waals surface area contributed by atoms with E-state index in [0.29, 0.717) is 48.2 Å². The van der Waals surface area contributed by atoms with Gasteiger partial charge in [-0.05, 0) is 88.1 Å². The summed E-state index contributed by atoms with van der Waals surface area (Å²) in [6.07, 6.45) is 2.82. The number of ether oxygens (including phenoxy) is 2. The minimum atomic E-state index is -0.656. The summed E-state index contributed by atoms with van der Waals surface area (Å²) in [6.45, 7) is 13.2. The van der Waals surface area contributed by atoms with E-state index in [-0.39, 0.29) is 11.9 Å². The van der Waals surface area contributed by atoms with Crippen LogP contribution in [0.4, 0.5) is 22.1 Å². The van der Waals surface area contributed by atoms with E-state index in [4.69, 9.17) is 14.5 Å². The molecule has 0 aliphatic carbocycles. The second-order valence-corrected chi connectivity index (χ2v) is 12.8. The summed E-state index contributed by atoms with van der Waals surface area (Å²) in [4.78, 5) is 36.6. The molecule has 3 aromatic rings. The lowest BCUT2D eigenvalue weighted by Gasteiger charge is -2.26. The molecule has 0 bridgehead atoms. The van der Waals surface area contributed by atoms with Gasteiger partial charge >= 0.3 is 6.09 Å². The summed E-state index contributed by atoms with van der Waals surface area (Å²) in [5.74, 6) is 0.284. The molecule has 0 saturated carbocycles. The van der Waals surface area contributed by atoms with Crippen molar-refractivity contribution in [3.05, 3.63) is 64.8 Å². The van der Waals surface area contributed by atoms with Crippen molar-refractivity contribution in [2.45, 2.75) is 71.4 Å². The van der Waals surface area contributed by atoms with Crippen LogP contribution in [0.2, 0.25) is 0 Å². The lowest BCUT2D eigenvalue weighted by atomic mass is 9.85. The fourth-order valence-corrected chi connectivity index (χ4v) is 5.46. The molecule has 2 aliphatic heterocycles. The van der Waals surface area contributed by atoms with Crippen LogP contribution in [-0.2, 0) is 14.9 Å². The summed E-state index contributed by atoms with van der Waals surface area (Å²) in [5.41, 5.74) is 4.40. The van der Waals surface area contributed by atoms with Gasteiger partial charge in [-0.25, -0.2) is 14.8 Å². The third kappa shape index (κ3) is 6.62. The molecule has 1 fully saturated rings. The number of amides is 2. The normalized spacial score (nSPS) is 16.3. The minimum absolute atomic E-state index is 0.0992. The summed E-state index contributed by atoms with van der Waals surface area (Å²) < 4.78 is 11.0. The number of anilines is 3. The van der Waals surface area contributed by atoms with Gasteiger partial charge in [-0.2, -0.15) is 5.26 Å². The number of carbonyl (C=O) groups excluding carboxylic acids is 2. The van der Waals surface area contributed by atoms with Crippen molar-refractivity contribution >= 4 is 29.3 Å². The maximum Gasteiger partial charge on any atom is 0.414 e. The summed E-state index contributed by atoms with van der Waals surface area (Å²) in [6, 6.07) is 13.4. The van der Waals surface area contributed by atoms with Crippen LogP contribution in [0.1, 0.15) is 74.5 Å². The highest BCUT2D eigenvalue weighted by Gasteiger charge is 2.42. The second-order valence-electron chi connectivity index (χ2n) is 12.8. The number of aryl methyl sites for hydroxylation is 1. The van der Waals surface area contributed by atoms with Gasteiger partial charge in [-0.3, -0.25) is 9.69 Å². The van der Waals surface area contributed by atoms with Crippen LogP contribution >= 0.6 is 0 Å². The number of hydrogen-bond donors (Lipinski definition) is 2. The molecule has 2 amide bonds.